The van der Waals surface area contributed by atoms with Crippen LogP contribution in [0.4, 0.5) is 0 Å². The molecule has 13 heavy (non-hydrogen) atoms. The summed E-state index contributed by atoms with van der Waals surface area (Å²) in [6.45, 7) is 0.900. The van der Waals surface area contributed by atoms with Gasteiger partial charge in [0.1, 0.15) is 0 Å². The van der Waals surface area contributed by atoms with Gasteiger partial charge in [0.25, 0.3) is 0 Å². The van der Waals surface area contributed by atoms with Crippen LogP contribution in [-0.2, 0) is 0 Å². The zero-order valence-electron chi connectivity index (χ0n) is 8.63. The van der Waals surface area contributed by atoms with Gasteiger partial charge < -0.3 is 10.0 Å². The Morgan fingerprint density at radius 3 is 2.38 bits per heavy atom. The first-order valence-corrected chi connectivity index (χ1v) is 5.62. The van der Waals surface area contributed by atoms with Crippen LogP contribution in [0.2, 0.25) is 0 Å². The first-order valence-electron chi connectivity index (χ1n) is 5.62. The summed E-state index contributed by atoms with van der Waals surface area (Å²) in [7, 11) is 2.16. The molecule has 0 radical (unpaired) electrons. The van der Waals surface area contributed by atoms with E-state index in [9.17, 15) is 5.11 Å². The predicted molar refractivity (Wildman–Crippen MR) is 53.7 cm³/mol. The van der Waals surface area contributed by atoms with E-state index in [1.807, 2.05) is 0 Å². The highest BCUT2D eigenvalue weighted by Crippen LogP contribution is 2.32. The van der Waals surface area contributed by atoms with E-state index in [0.29, 0.717) is 0 Å². The van der Waals surface area contributed by atoms with Crippen LogP contribution in [0.1, 0.15) is 44.9 Å². The molecule has 2 fully saturated rings. The Kier molecular flexibility index (Phi) is 2.61. The summed E-state index contributed by atoms with van der Waals surface area (Å²) in [5, 5.41) is 10.3. The van der Waals surface area contributed by atoms with Gasteiger partial charge in [0.15, 0.2) is 0 Å². The van der Waals surface area contributed by atoms with Crippen molar-refractivity contribution in [3.8, 4) is 0 Å². The first-order chi connectivity index (χ1) is 6.20. The van der Waals surface area contributed by atoms with Gasteiger partial charge in [0.2, 0.25) is 0 Å². The van der Waals surface area contributed by atoms with Crippen molar-refractivity contribution in [2.24, 2.45) is 0 Å². The number of nitrogens with zero attached hydrogens (tertiary/aromatic N) is 1. The number of hydrogen-bond acceptors (Lipinski definition) is 2. The van der Waals surface area contributed by atoms with Crippen molar-refractivity contribution >= 4 is 0 Å². The Morgan fingerprint density at radius 1 is 1.23 bits per heavy atom. The van der Waals surface area contributed by atoms with Crippen molar-refractivity contribution in [3.05, 3.63) is 0 Å². The van der Waals surface area contributed by atoms with Crippen molar-refractivity contribution in [1.29, 1.82) is 0 Å². The lowest BCUT2D eigenvalue weighted by Crippen LogP contribution is -2.43. The van der Waals surface area contributed by atoms with E-state index in [1.54, 1.807) is 0 Å². The highest BCUT2D eigenvalue weighted by molar-refractivity contribution is 4.90. The van der Waals surface area contributed by atoms with E-state index in [4.69, 9.17) is 0 Å². The Bertz CT molecular complexity index is 171. The van der Waals surface area contributed by atoms with E-state index in [1.165, 1.54) is 32.1 Å². The summed E-state index contributed by atoms with van der Waals surface area (Å²) in [5.74, 6) is 0. The molecule has 0 unspecified atom stereocenters. The second kappa shape index (κ2) is 3.58. The Labute approximate surface area is 80.9 Å². The monoisotopic (exact) mass is 183 g/mol. The summed E-state index contributed by atoms with van der Waals surface area (Å²) < 4.78 is 0. The average Bonchev–Trinajstić information content (AvgIpc) is 2.86. The van der Waals surface area contributed by atoms with E-state index in [-0.39, 0.29) is 5.60 Å². The van der Waals surface area contributed by atoms with Gasteiger partial charge in [-0.15, -0.1) is 0 Å². The molecule has 2 saturated carbocycles. The molecule has 2 rings (SSSR count). The lowest BCUT2D eigenvalue weighted by molar-refractivity contribution is -0.0224. The quantitative estimate of drug-likeness (QED) is 0.721. The summed E-state index contributed by atoms with van der Waals surface area (Å²) in [4.78, 5) is 2.35. The third-order valence-electron chi connectivity index (χ3n) is 3.50. The number of likely N-dealkylation sites (N-methyl/N-ethyl adjacent to an activating group) is 1. The maximum atomic E-state index is 10.3. The summed E-state index contributed by atoms with van der Waals surface area (Å²) in [6, 6.07) is 0.783. The van der Waals surface area contributed by atoms with Crippen LogP contribution < -0.4 is 0 Å². The predicted octanol–water partition coefficient (Wildman–Crippen LogP) is 1.78. The third-order valence-corrected chi connectivity index (χ3v) is 3.50. The highest BCUT2D eigenvalue weighted by Gasteiger charge is 2.35. The molecule has 76 valence electrons. The van der Waals surface area contributed by atoms with Gasteiger partial charge in [0.05, 0.1) is 5.60 Å². The zero-order chi connectivity index (χ0) is 9.31. The molecule has 2 aliphatic rings. The van der Waals surface area contributed by atoms with E-state index in [2.05, 4.69) is 11.9 Å². The molecule has 0 atom stereocenters. The summed E-state index contributed by atoms with van der Waals surface area (Å²) >= 11 is 0. The molecule has 0 aliphatic heterocycles. The van der Waals surface area contributed by atoms with Crippen molar-refractivity contribution in [1.82, 2.24) is 4.90 Å². The largest absolute Gasteiger partial charge is 0.389 e. The molecule has 0 aromatic rings. The SMILES string of the molecule is CN(CC1(O)CCCCC1)C1CC1. The minimum atomic E-state index is -0.352. The van der Waals surface area contributed by atoms with Crippen LogP contribution >= 0.6 is 0 Å². The Hall–Kier alpha value is -0.0800. The average molecular weight is 183 g/mol. The van der Waals surface area contributed by atoms with Crippen molar-refractivity contribution in [2.75, 3.05) is 13.6 Å². The number of hydrogen-bond donors (Lipinski definition) is 1. The first kappa shape index (κ1) is 9.47. The molecular weight excluding hydrogens is 162 g/mol. The second-order valence-electron chi connectivity index (χ2n) is 4.93. The maximum Gasteiger partial charge on any atom is 0.0774 e. The van der Waals surface area contributed by atoms with E-state index in [0.717, 1.165) is 25.4 Å². The minimum absolute atomic E-state index is 0.352. The normalized spacial score (nSPS) is 27.9. The summed E-state index contributed by atoms with van der Waals surface area (Å²) in [5.41, 5.74) is -0.352. The zero-order valence-corrected chi connectivity index (χ0v) is 8.63. The molecule has 2 nitrogen and oxygen atoms in total. The van der Waals surface area contributed by atoms with Crippen LogP contribution in [0.25, 0.3) is 0 Å². The van der Waals surface area contributed by atoms with Gasteiger partial charge in [-0.3, -0.25) is 0 Å². The van der Waals surface area contributed by atoms with Crippen molar-refractivity contribution in [2.45, 2.75) is 56.6 Å². The van der Waals surface area contributed by atoms with Crippen LogP contribution in [0, 0.1) is 0 Å². The Morgan fingerprint density at radius 2 is 1.85 bits per heavy atom. The van der Waals surface area contributed by atoms with Crippen LogP contribution in [0.5, 0.6) is 0 Å². The third kappa shape index (κ3) is 2.44. The fourth-order valence-corrected chi connectivity index (χ4v) is 2.48. The molecule has 0 spiro atoms. The lowest BCUT2D eigenvalue weighted by atomic mass is 9.84. The van der Waals surface area contributed by atoms with E-state index < -0.39 is 0 Å². The highest BCUT2D eigenvalue weighted by atomic mass is 16.3. The molecule has 0 aromatic heterocycles. The second-order valence-corrected chi connectivity index (χ2v) is 4.93. The number of rotatable bonds is 3. The smallest absolute Gasteiger partial charge is 0.0774 e. The molecule has 2 aliphatic carbocycles. The molecular formula is C11H21NO. The topological polar surface area (TPSA) is 23.5 Å². The minimum Gasteiger partial charge on any atom is -0.389 e. The van der Waals surface area contributed by atoms with Gasteiger partial charge in [-0.05, 0) is 32.7 Å². The van der Waals surface area contributed by atoms with Crippen molar-refractivity contribution < 1.29 is 5.11 Å². The molecule has 0 amide bonds. The fourth-order valence-electron chi connectivity index (χ4n) is 2.48. The summed E-state index contributed by atoms with van der Waals surface area (Å²) in [6.07, 6.45) is 8.47. The molecule has 0 bridgehead atoms. The molecule has 0 aromatic carbocycles. The van der Waals surface area contributed by atoms with Crippen molar-refractivity contribution in [3.63, 3.8) is 0 Å². The van der Waals surface area contributed by atoms with Gasteiger partial charge in [-0.25, -0.2) is 0 Å². The molecule has 0 heterocycles. The molecule has 2 heteroatoms. The maximum absolute atomic E-state index is 10.3. The van der Waals surface area contributed by atoms with Crippen LogP contribution in [-0.4, -0.2) is 35.2 Å². The molecule has 1 N–H and O–H groups in total. The standard InChI is InChI=1S/C11H21NO/c1-12(10-5-6-10)9-11(13)7-3-2-4-8-11/h10,13H,2-9H2,1H3. The van der Waals surface area contributed by atoms with Crippen LogP contribution in [0.3, 0.4) is 0 Å². The number of aliphatic hydroxyl groups is 1. The molecule has 0 saturated heterocycles. The van der Waals surface area contributed by atoms with Gasteiger partial charge in [-0.1, -0.05) is 19.3 Å². The van der Waals surface area contributed by atoms with Gasteiger partial charge >= 0.3 is 0 Å². The van der Waals surface area contributed by atoms with Gasteiger partial charge in [-0.2, -0.15) is 0 Å². The van der Waals surface area contributed by atoms with Gasteiger partial charge in [0, 0.05) is 12.6 Å². The van der Waals surface area contributed by atoms with E-state index >= 15 is 0 Å². The lowest BCUT2D eigenvalue weighted by Gasteiger charge is -2.35. The fraction of sp³-hybridized carbons (Fsp3) is 1.00. The Balaban J connectivity index is 1.82. The van der Waals surface area contributed by atoms with Crippen LogP contribution in [0.15, 0.2) is 0 Å².